The summed E-state index contributed by atoms with van der Waals surface area (Å²) in [6, 6.07) is 2.91. The van der Waals surface area contributed by atoms with Gasteiger partial charge in [0, 0.05) is 6.04 Å². The van der Waals surface area contributed by atoms with Crippen LogP contribution in [0.25, 0.3) is 0 Å². The first-order chi connectivity index (χ1) is 8.75. The molecule has 2 nitrogen and oxygen atoms in total. The molecule has 19 heavy (non-hydrogen) atoms. The highest BCUT2D eigenvalue weighted by atomic mass is 19.4. The van der Waals surface area contributed by atoms with E-state index >= 15 is 0 Å². The second-order valence-electron chi connectivity index (χ2n) is 4.67. The first-order valence-corrected chi connectivity index (χ1v) is 5.94. The van der Waals surface area contributed by atoms with Crippen LogP contribution in [0.15, 0.2) is 18.2 Å². The molecule has 1 unspecified atom stereocenters. The molecule has 0 bridgehead atoms. The molecule has 0 saturated heterocycles. The van der Waals surface area contributed by atoms with Gasteiger partial charge < -0.3 is 10.2 Å². The van der Waals surface area contributed by atoms with E-state index in [1.54, 1.807) is 7.05 Å². The van der Waals surface area contributed by atoms with E-state index in [-0.39, 0.29) is 6.04 Å². The average molecular weight is 278 g/mol. The van der Waals surface area contributed by atoms with Crippen molar-refractivity contribution in [2.75, 3.05) is 27.7 Å². The summed E-state index contributed by atoms with van der Waals surface area (Å²) in [4.78, 5) is 1.96. The van der Waals surface area contributed by atoms with Crippen molar-refractivity contribution < 1.29 is 17.6 Å². The molecule has 0 radical (unpaired) electrons. The van der Waals surface area contributed by atoms with Gasteiger partial charge in [0.1, 0.15) is 5.82 Å². The van der Waals surface area contributed by atoms with Crippen molar-refractivity contribution in [2.45, 2.75) is 18.6 Å². The Morgan fingerprint density at radius 2 is 1.89 bits per heavy atom. The molecule has 1 rings (SSSR count). The van der Waals surface area contributed by atoms with Crippen molar-refractivity contribution in [3.05, 3.63) is 35.1 Å². The third-order valence-corrected chi connectivity index (χ3v) is 2.91. The zero-order valence-corrected chi connectivity index (χ0v) is 11.2. The van der Waals surface area contributed by atoms with Gasteiger partial charge in [-0.1, -0.05) is 6.07 Å². The topological polar surface area (TPSA) is 15.3 Å². The lowest BCUT2D eigenvalue weighted by Crippen LogP contribution is -2.23. The molecule has 1 N–H and O–H groups in total. The molecule has 6 heteroatoms. The van der Waals surface area contributed by atoms with Crippen molar-refractivity contribution in [3.63, 3.8) is 0 Å². The van der Waals surface area contributed by atoms with Crippen molar-refractivity contribution in [1.29, 1.82) is 0 Å². The maximum Gasteiger partial charge on any atom is 0.419 e. The summed E-state index contributed by atoms with van der Waals surface area (Å²) in [5.41, 5.74) is -0.700. The van der Waals surface area contributed by atoms with Gasteiger partial charge >= 0.3 is 6.18 Å². The van der Waals surface area contributed by atoms with Crippen LogP contribution in [0.4, 0.5) is 17.6 Å². The normalized spacial score (nSPS) is 13.9. The maximum absolute atomic E-state index is 13.5. The van der Waals surface area contributed by atoms with Gasteiger partial charge in [0.05, 0.1) is 5.56 Å². The van der Waals surface area contributed by atoms with Crippen LogP contribution in [0.2, 0.25) is 0 Å². The van der Waals surface area contributed by atoms with Gasteiger partial charge in [0.2, 0.25) is 0 Å². The summed E-state index contributed by atoms with van der Waals surface area (Å²) in [5.74, 6) is -1.23. The first kappa shape index (κ1) is 15.9. The Kier molecular flexibility index (Phi) is 5.31. The molecule has 0 fully saturated rings. The Morgan fingerprint density at radius 3 is 2.32 bits per heavy atom. The molecule has 0 heterocycles. The Hall–Kier alpha value is -1.14. The maximum atomic E-state index is 13.5. The molecule has 0 spiro atoms. The zero-order valence-electron chi connectivity index (χ0n) is 11.2. The van der Waals surface area contributed by atoms with Gasteiger partial charge in [-0.25, -0.2) is 4.39 Å². The van der Waals surface area contributed by atoms with Gasteiger partial charge in [0.25, 0.3) is 0 Å². The van der Waals surface area contributed by atoms with Crippen molar-refractivity contribution >= 4 is 0 Å². The van der Waals surface area contributed by atoms with Crippen LogP contribution in [0, 0.1) is 5.82 Å². The van der Waals surface area contributed by atoms with Crippen LogP contribution in [-0.4, -0.2) is 32.6 Å². The standard InChI is InChI=1S/C13H18F4N2/c1-18-12(6-7-19(2)3)9-4-5-10(11(14)8-9)13(15,16)17/h4-5,8,12,18H,6-7H2,1-3H3. The Labute approximate surface area is 110 Å². The van der Waals surface area contributed by atoms with Crippen molar-refractivity contribution in [2.24, 2.45) is 0 Å². The van der Waals surface area contributed by atoms with E-state index in [0.717, 1.165) is 18.7 Å². The van der Waals surface area contributed by atoms with Gasteiger partial charge in [-0.3, -0.25) is 0 Å². The average Bonchev–Trinajstić information content (AvgIpc) is 2.27. The van der Waals surface area contributed by atoms with Crippen molar-refractivity contribution in [3.8, 4) is 0 Å². The van der Waals surface area contributed by atoms with E-state index in [2.05, 4.69) is 5.32 Å². The van der Waals surface area contributed by atoms with Gasteiger partial charge in [-0.2, -0.15) is 13.2 Å². The molecule has 1 aromatic carbocycles. The largest absolute Gasteiger partial charge is 0.419 e. The van der Waals surface area contributed by atoms with Gasteiger partial charge in [-0.05, 0) is 51.8 Å². The lowest BCUT2D eigenvalue weighted by molar-refractivity contribution is -0.140. The number of nitrogens with zero attached hydrogens (tertiary/aromatic N) is 1. The van der Waals surface area contributed by atoms with Crippen LogP contribution in [0.1, 0.15) is 23.6 Å². The number of hydrogen-bond donors (Lipinski definition) is 1. The summed E-state index contributed by atoms with van der Waals surface area (Å²) in [6.07, 6.45) is -3.96. The Bertz CT molecular complexity index is 416. The molecule has 0 aliphatic rings. The van der Waals surface area contributed by atoms with E-state index in [0.29, 0.717) is 12.0 Å². The molecule has 1 atom stereocenters. The lowest BCUT2D eigenvalue weighted by Gasteiger charge is -2.20. The van der Waals surface area contributed by atoms with E-state index in [1.165, 1.54) is 6.07 Å². The molecular formula is C13H18F4N2. The smallest absolute Gasteiger partial charge is 0.313 e. The number of halogens is 4. The third-order valence-electron chi connectivity index (χ3n) is 2.91. The predicted octanol–water partition coefficient (Wildman–Crippen LogP) is 3.06. The molecule has 108 valence electrons. The number of hydrogen-bond acceptors (Lipinski definition) is 2. The lowest BCUT2D eigenvalue weighted by atomic mass is 10.0. The number of alkyl halides is 3. The molecule has 0 saturated carbocycles. The van der Waals surface area contributed by atoms with E-state index in [4.69, 9.17) is 0 Å². The highest BCUT2D eigenvalue weighted by Crippen LogP contribution is 2.32. The summed E-state index contributed by atoms with van der Waals surface area (Å²) >= 11 is 0. The first-order valence-electron chi connectivity index (χ1n) is 5.94. The minimum absolute atomic E-state index is 0.167. The van der Waals surface area contributed by atoms with Crippen LogP contribution >= 0.6 is 0 Å². The van der Waals surface area contributed by atoms with Gasteiger partial charge in [0.15, 0.2) is 0 Å². The second kappa shape index (κ2) is 6.34. The van der Waals surface area contributed by atoms with E-state index in [1.807, 2.05) is 19.0 Å². The molecular weight excluding hydrogens is 260 g/mol. The summed E-state index contributed by atoms with van der Waals surface area (Å²) < 4.78 is 50.8. The fraction of sp³-hybridized carbons (Fsp3) is 0.538. The Morgan fingerprint density at radius 1 is 1.26 bits per heavy atom. The van der Waals surface area contributed by atoms with E-state index in [9.17, 15) is 17.6 Å². The fourth-order valence-corrected chi connectivity index (χ4v) is 1.84. The third kappa shape index (κ3) is 4.47. The molecule has 0 aromatic heterocycles. The minimum Gasteiger partial charge on any atom is -0.313 e. The number of rotatable bonds is 5. The Balaban J connectivity index is 2.92. The summed E-state index contributed by atoms with van der Waals surface area (Å²) in [7, 11) is 5.51. The van der Waals surface area contributed by atoms with Gasteiger partial charge in [-0.15, -0.1) is 0 Å². The quantitative estimate of drug-likeness (QED) is 0.833. The molecule has 0 amide bonds. The SMILES string of the molecule is CNC(CCN(C)C)c1ccc(C(F)(F)F)c(F)c1. The van der Waals surface area contributed by atoms with E-state index < -0.39 is 17.6 Å². The van der Waals surface area contributed by atoms with Crippen LogP contribution < -0.4 is 5.32 Å². The monoisotopic (exact) mass is 278 g/mol. The zero-order chi connectivity index (χ0) is 14.6. The van der Waals surface area contributed by atoms with Crippen LogP contribution in [0.3, 0.4) is 0 Å². The molecule has 1 aromatic rings. The second-order valence-corrected chi connectivity index (χ2v) is 4.67. The van der Waals surface area contributed by atoms with Crippen LogP contribution in [0.5, 0.6) is 0 Å². The highest BCUT2D eigenvalue weighted by molar-refractivity contribution is 5.28. The summed E-state index contributed by atoms with van der Waals surface area (Å²) in [6.45, 7) is 0.758. The fourth-order valence-electron chi connectivity index (χ4n) is 1.84. The number of benzene rings is 1. The molecule has 0 aliphatic carbocycles. The predicted molar refractivity (Wildman–Crippen MR) is 66.4 cm³/mol. The van der Waals surface area contributed by atoms with Crippen molar-refractivity contribution in [1.82, 2.24) is 10.2 Å². The summed E-state index contributed by atoms with van der Waals surface area (Å²) in [5, 5.41) is 2.98. The minimum atomic E-state index is -4.65. The molecule has 0 aliphatic heterocycles. The van der Waals surface area contributed by atoms with Crippen LogP contribution in [-0.2, 0) is 6.18 Å². The number of nitrogens with one attached hydrogen (secondary N) is 1. The highest BCUT2D eigenvalue weighted by Gasteiger charge is 2.34.